The Kier molecular flexibility index (Phi) is 4.97. The SMILES string of the molecule is Cc1ccc(C(=O)NC2CCC(CN3Cc4ccccc4C3=O)CC2)cc1. The summed E-state index contributed by atoms with van der Waals surface area (Å²) in [7, 11) is 0. The number of hydrogen-bond acceptors (Lipinski definition) is 2. The minimum atomic E-state index is 0.0172. The Morgan fingerprint density at radius 1 is 1.04 bits per heavy atom. The molecule has 4 nitrogen and oxygen atoms in total. The van der Waals surface area contributed by atoms with Gasteiger partial charge in [0.05, 0.1) is 0 Å². The van der Waals surface area contributed by atoms with E-state index in [0.717, 1.165) is 61.0 Å². The number of rotatable bonds is 4. The van der Waals surface area contributed by atoms with Crippen molar-refractivity contribution in [3.8, 4) is 0 Å². The summed E-state index contributed by atoms with van der Waals surface area (Å²) in [5.74, 6) is 0.708. The van der Waals surface area contributed by atoms with Crippen LogP contribution in [0.25, 0.3) is 0 Å². The highest BCUT2D eigenvalue weighted by Crippen LogP contribution is 2.29. The molecule has 0 saturated heterocycles. The van der Waals surface area contributed by atoms with Gasteiger partial charge in [-0.25, -0.2) is 0 Å². The number of fused-ring (bicyclic) bond motifs is 1. The molecule has 1 fully saturated rings. The summed E-state index contributed by atoms with van der Waals surface area (Å²) in [4.78, 5) is 26.9. The van der Waals surface area contributed by atoms with Crippen molar-refractivity contribution in [2.45, 2.75) is 45.2 Å². The van der Waals surface area contributed by atoms with Gasteiger partial charge in [0.25, 0.3) is 11.8 Å². The molecule has 2 aromatic rings. The van der Waals surface area contributed by atoms with Gasteiger partial charge in [-0.05, 0) is 62.3 Å². The van der Waals surface area contributed by atoms with Crippen LogP contribution in [0.4, 0.5) is 0 Å². The van der Waals surface area contributed by atoms with E-state index in [4.69, 9.17) is 0 Å². The molecule has 0 atom stereocenters. The zero-order valence-electron chi connectivity index (χ0n) is 15.8. The van der Waals surface area contributed by atoms with Crippen molar-refractivity contribution in [2.24, 2.45) is 5.92 Å². The molecule has 0 unspecified atom stereocenters. The van der Waals surface area contributed by atoms with Gasteiger partial charge in [0.2, 0.25) is 0 Å². The second-order valence-corrected chi connectivity index (χ2v) is 7.90. The van der Waals surface area contributed by atoms with Crippen molar-refractivity contribution >= 4 is 11.8 Å². The molecule has 140 valence electrons. The first-order valence-electron chi connectivity index (χ1n) is 9.85. The lowest BCUT2D eigenvalue weighted by molar-refractivity contribution is 0.0732. The molecule has 1 N–H and O–H groups in total. The molecular weight excluding hydrogens is 336 g/mol. The van der Waals surface area contributed by atoms with Gasteiger partial charge >= 0.3 is 0 Å². The van der Waals surface area contributed by atoms with Crippen LogP contribution in [-0.4, -0.2) is 29.3 Å². The summed E-state index contributed by atoms with van der Waals surface area (Å²) in [6.45, 7) is 3.58. The van der Waals surface area contributed by atoms with Crippen LogP contribution in [0.15, 0.2) is 48.5 Å². The zero-order valence-corrected chi connectivity index (χ0v) is 15.8. The Morgan fingerprint density at radius 3 is 2.44 bits per heavy atom. The van der Waals surface area contributed by atoms with E-state index in [1.807, 2.05) is 60.4 Å². The molecule has 1 aliphatic carbocycles. The first-order valence-corrected chi connectivity index (χ1v) is 9.85. The van der Waals surface area contributed by atoms with Gasteiger partial charge in [0, 0.05) is 30.3 Å². The van der Waals surface area contributed by atoms with Crippen LogP contribution in [-0.2, 0) is 6.54 Å². The third-order valence-corrected chi connectivity index (χ3v) is 5.87. The van der Waals surface area contributed by atoms with Crippen LogP contribution in [0.2, 0.25) is 0 Å². The van der Waals surface area contributed by atoms with Crippen molar-refractivity contribution in [3.05, 3.63) is 70.8 Å². The lowest BCUT2D eigenvalue weighted by Crippen LogP contribution is -2.39. The Morgan fingerprint density at radius 2 is 1.74 bits per heavy atom. The topological polar surface area (TPSA) is 49.4 Å². The fourth-order valence-corrected chi connectivity index (χ4v) is 4.24. The summed E-state index contributed by atoms with van der Waals surface area (Å²) in [5.41, 5.74) is 3.88. The van der Waals surface area contributed by atoms with Gasteiger partial charge in [-0.2, -0.15) is 0 Å². The standard InChI is InChI=1S/C23H26N2O2/c1-16-6-10-18(11-7-16)22(26)24-20-12-8-17(9-13-20)14-25-15-19-4-2-3-5-21(19)23(25)27/h2-7,10-11,17,20H,8-9,12-15H2,1H3,(H,24,26). The van der Waals surface area contributed by atoms with Gasteiger partial charge in [-0.3, -0.25) is 9.59 Å². The Labute approximate surface area is 160 Å². The van der Waals surface area contributed by atoms with Gasteiger partial charge in [-0.15, -0.1) is 0 Å². The maximum absolute atomic E-state index is 12.5. The minimum absolute atomic E-state index is 0.0172. The summed E-state index contributed by atoms with van der Waals surface area (Å²) in [5, 5.41) is 3.17. The maximum atomic E-state index is 12.5. The van der Waals surface area contributed by atoms with Gasteiger partial charge in [0.15, 0.2) is 0 Å². The fraction of sp³-hybridized carbons (Fsp3) is 0.391. The van der Waals surface area contributed by atoms with Crippen LogP contribution in [0, 0.1) is 12.8 Å². The van der Waals surface area contributed by atoms with Crippen LogP contribution in [0.3, 0.4) is 0 Å². The number of benzene rings is 2. The second-order valence-electron chi connectivity index (χ2n) is 7.90. The molecule has 1 aliphatic heterocycles. The predicted octanol–water partition coefficient (Wildman–Crippen LogP) is 3.94. The fourth-order valence-electron chi connectivity index (χ4n) is 4.24. The monoisotopic (exact) mass is 362 g/mol. The van der Waals surface area contributed by atoms with E-state index in [0.29, 0.717) is 5.92 Å². The van der Waals surface area contributed by atoms with Gasteiger partial charge in [0.1, 0.15) is 0 Å². The van der Waals surface area contributed by atoms with Crippen LogP contribution >= 0.6 is 0 Å². The molecule has 27 heavy (non-hydrogen) atoms. The number of nitrogens with one attached hydrogen (secondary N) is 1. The third-order valence-electron chi connectivity index (χ3n) is 5.87. The number of hydrogen-bond donors (Lipinski definition) is 1. The number of carbonyl (C=O) groups is 2. The van der Waals surface area contributed by atoms with E-state index < -0.39 is 0 Å². The summed E-state index contributed by atoms with van der Waals surface area (Å²) >= 11 is 0. The first-order chi connectivity index (χ1) is 13.1. The highest BCUT2D eigenvalue weighted by atomic mass is 16.2. The summed E-state index contributed by atoms with van der Waals surface area (Å²) in [6, 6.07) is 15.8. The van der Waals surface area contributed by atoms with E-state index in [-0.39, 0.29) is 17.9 Å². The predicted molar refractivity (Wildman–Crippen MR) is 106 cm³/mol. The minimum Gasteiger partial charge on any atom is -0.349 e. The lowest BCUT2D eigenvalue weighted by atomic mass is 9.85. The number of aryl methyl sites for hydroxylation is 1. The molecule has 2 aromatic carbocycles. The van der Waals surface area contributed by atoms with Crippen LogP contribution < -0.4 is 5.32 Å². The third kappa shape index (κ3) is 3.90. The van der Waals surface area contributed by atoms with Gasteiger partial charge in [-0.1, -0.05) is 35.9 Å². The van der Waals surface area contributed by atoms with E-state index in [1.165, 1.54) is 0 Å². The van der Waals surface area contributed by atoms with E-state index in [9.17, 15) is 9.59 Å². The van der Waals surface area contributed by atoms with Crippen molar-refractivity contribution in [3.63, 3.8) is 0 Å². The molecular formula is C23H26N2O2. The lowest BCUT2D eigenvalue weighted by Gasteiger charge is -2.31. The molecule has 4 rings (SSSR count). The zero-order chi connectivity index (χ0) is 18.8. The maximum Gasteiger partial charge on any atom is 0.254 e. The quantitative estimate of drug-likeness (QED) is 0.896. The molecule has 0 bridgehead atoms. The molecule has 1 saturated carbocycles. The smallest absolute Gasteiger partial charge is 0.254 e. The van der Waals surface area contributed by atoms with Crippen molar-refractivity contribution < 1.29 is 9.59 Å². The van der Waals surface area contributed by atoms with Gasteiger partial charge < -0.3 is 10.2 Å². The molecule has 0 spiro atoms. The molecule has 4 heteroatoms. The normalized spacial score (nSPS) is 21.8. The first kappa shape index (κ1) is 17.8. The summed E-state index contributed by atoms with van der Waals surface area (Å²) in [6.07, 6.45) is 4.08. The number of amides is 2. The molecule has 0 aromatic heterocycles. The van der Waals surface area contributed by atoms with Crippen LogP contribution in [0.1, 0.15) is 57.5 Å². The van der Waals surface area contributed by atoms with Crippen molar-refractivity contribution in [1.29, 1.82) is 0 Å². The number of carbonyl (C=O) groups excluding carboxylic acids is 2. The van der Waals surface area contributed by atoms with E-state index in [2.05, 4.69) is 5.32 Å². The average Bonchev–Trinajstić information content (AvgIpc) is 3.00. The van der Waals surface area contributed by atoms with E-state index in [1.54, 1.807) is 0 Å². The highest BCUT2D eigenvalue weighted by molar-refractivity contribution is 5.98. The molecule has 2 amide bonds. The summed E-state index contributed by atoms with van der Waals surface area (Å²) < 4.78 is 0. The van der Waals surface area contributed by atoms with Crippen molar-refractivity contribution in [2.75, 3.05) is 6.54 Å². The average molecular weight is 362 g/mol. The van der Waals surface area contributed by atoms with E-state index >= 15 is 0 Å². The molecule has 0 radical (unpaired) electrons. The van der Waals surface area contributed by atoms with Crippen LogP contribution in [0.5, 0.6) is 0 Å². The Bertz CT molecular complexity index is 836. The number of nitrogens with zero attached hydrogens (tertiary/aromatic N) is 1. The Balaban J connectivity index is 1.27. The van der Waals surface area contributed by atoms with Crippen molar-refractivity contribution in [1.82, 2.24) is 10.2 Å². The molecule has 2 aliphatic rings. The largest absolute Gasteiger partial charge is 0.349 e. The highest BCUT2D eigenvalue weighted by Gasteiger charge is 2.30. The second kappa shape index (κ2) is 7.55. The Hall–Kier alpha value is -2.62. The molecule has 1 heterocycles.